The van der Waals surface area contributed by atoms with Crippen LogP contribution in [0.2, 0.25) is 0 Å². The maximum absolute atomic E-state index is 15.1. The first-order valence-corrected chi connectivity index (χ1v) is 9.90. The summed E-state index contributed by atoms with van der Waals surface area (Å²) in [5.74, 6) is 0.130. The molecule has 0 unspecified atom stereocenters. The third kappa shape index (κ3) is 3.08. The van der Waals surface area contributed by atoms with Crippen molar-refractivity contribution in [3.63, 3.8) is 0 Å². The number of nitrogens with one attached hydrogen (secondary N) is 1. The van der Waals surface area contributed by atoms with Crippen LogP contribution in [0.1, 0.15) is 38.8 Å². The van der Waals surface area contributed by atoms with Crippen LogP contribution in [0.3, 0.4) is 0 Å². The van der Waals surface area contributed by atoms with Gasteiger partial charge in [-0.1, -0.05) is 0 Å². The number of piperidine rings is 1. The number of rotatable bonds is 2. The van der Waals surface area contributed by atoms with E-state index in [1.807, 2.05) is 37.3 Å². The van der Waals surface area contributed by atoms with Crippen molar-refractivity contribution in [2.75, 3.05) is 0 Å². The van der Waals surface area contributed by atoms with Crippen LogP contribution in [0.25, 0.3) is 28.1 Å². The van der Waals surface area contributed by atoms with Crippen molar-refractivity contribution in [2.45, 2.75) is 50.4 Å². The first kappa shape index (κ1) is 18.2. The van der Waals surface area contributed by atoms with E-state index in [9.17, 15) is 5.11 Å². The van der Waals surface area contributed by atoms with Gasteiger partial charge in [0.05, 0.1) is 16.9 Å². The van der Waals surface area contributed by atoms with Gasteiger partial charge in [-0.05, 0) is 80.5 Å². The molecular formula is C23H23FN4O. The number of aromatic nitrogens is 3. The Hall–Kier alpha value is -2.86. The van der Waals surface area contributed by atoms with Gasteiger partial charge < -0.3 is 10.4 Å². The van der Waals surface area contributed by atoms with Crippen LogP contribution in [-0.2, 0) is 0 Å². The standard InChI is InChI=1S/C23H23FN4O/c1-22-6-7-23(2,28-22)21(24)15(12-22)9-17-3-4-19(27-26-17)18-10-14-5-8-25-13-16(14)11-20(18)29/h3-5,8-11,13,21,28-29H,6-7,12H2,1-2H3/b15-9-/t21-,22-,23+/m0/s1. The van der Waals surface area contributed by atoms with Gasteiger partial charge in [0.15, 0.2) is 0 Å². The molecule has 2 bridgehead atoms. The van der Waals surface area contributed by atoms with Crippen molar-refractivity contribution in [3.8, 4) is 17.0 Å². The largest absolute Gasteiger partial charge is 0.507 e. The van der Waals surface area contributed by atoms with Crippen molar-refractivity contribution >= 4 is 16.8 Å². The van der Waals surface area contributed by atoms with Gasteiger partial charge in [0.25, 0.3) is 0 Å². The molecule has 5 nitrogen and oxygen atoms in total. The normalized spacial score (nSPS) is 30.2. The molecule has 1 aromatic carbocycles. The number of phenols is 1. The molecule has 4 heterocycles. The van der Waals surface area contributed by atoms with E-state index in [1.54, 1.807) is 18.5 Å². The molecule has 148 valence electrons. The van der Waals surface area contributed by atoms with E-state index in [2.05, 4.69) is 27.4 Å². The molecule has 0 radical (unpaired) electrons. The number of nitrogens with zero attached hydrogens (tertiary/aromatic N) is 3. The molecule has 5 rings (SSSR count). The van der Waals surface area contributed by atoms with Crippen LogP contribution in [0.15, 0.2) is 48.3 Å². The Kier molecular flexibility index (Phi) is 3.96. The molecule has 3 aromatic rings. The lowest BCUT2D eigenvalue weighted by molar-refractivity contribution is 0.160. The Labute approximate surface area is 168 Å². The molecule has 2 fully saturated rings. The monoisotopic (exact) mass is 390 g/mol. The van der Waals surface area contributed by atoms with E-state index in [1.165, 1.54) is 0 Å². The number of pyridine rings is 1. The number of fused-ring (bicyclic) bond motifs is 3. The fraction of sp³-hybridized carbons (Fsp3) is 0.348. The van der Waals surface area contributed by atoms with Crippen molar-refractivity contribution in [1.82, 2.24) is 20.5 Å². The number of aromatic hydroxyl groups is 1. The summed E-state index contributed by atoms with van der Waals surface area (Å²) in [5, 5.41) is 24.3. The Morgan fingerprint density at radius 2 is 2.00 bits per heavy atom. The zero-order valence-electron chi connectivity index (χ0n) is 16.5. The second-order valence-corrected chi connectivity index (χ2v) is 8.80. The Bertz CT molecular complexity index is 1130. The molecule has 2 aliphatic heterocycles. The highest BCUT2D eigenvalue weighted by Crippen LogP contribution is 2.46. The molecule has 0 amide bonds. The SMILES string of the molecule is C[C@@]12CC[C@@](C)(N1)[C@@H](F)/C(=C\c1ccc(-c3cc4ccncc4cc3O)nn1)C2. The van der Waals surface area contributed by atoms with Gasteiger partial charge in [-0.25, -0.2) is 4.39 Å². The molecule has 0 aliphatic carbocycles. The van der Waals surface area contributed by atoms with Crippen molar-refractivity contribution in [2.24, 2.45) is 0 Å². The maximum atomic E-state index is 15.1. The number of hydrogen-bond donors (Lipinski definition) is 2. The topological polar surface area (TPSA) is 70.9 Å². The summed E-state index contributed by atoms with van der Waals surface area (Å²) < 4.78 is 15.1. The van der Waals surface area contributed by atoms with Gasteiger partial charge in [0.1, 0.15) is 11.9 Å². The van der Waals surface area contributed by atoms with Gasteiger partial charge in [-0.15, -0.1) is 5.10 Å². The van der Waals surface area contributed by atoms with Crippen LogP contribution >= 0.6 is 0 Å². The summed E-state index contributed by atoms with van der Waals surface area (Å²) >= 11 is 0. The highest BCUT2D eigenvalue weighted by atomic mass is 19.1. The van der Waals surface area contributed by atoms with Crippen molar-refractivity contribution < 1.29 is 9.50 Å². The first-order valence-electron chi connectivity index (χ1n) is 9.90. The molecule has 2 N–H and O–H groups in total. The minimum absolute atomic E-state index is 0.0533. The second kappa shape index (κ2) is 6.32. The molecule has 2 aliphatic rings. The average Bonchev–Trinajstić information content (AvgIpc) is 2.98. The number of phenolic OH excluding ortho intramolecular Hbond substituents is 1. The number of benzene rings is 1. The molecule has 29 heavy (non-hydrogen) atoms. The Balaban J connectivity index is 1.47. The van der Waals surface area contributed by atoms with E-state index < -0.39 is 11.7 Å². The fourth-order valence-electron chi connectivity index (χ4n) is 4.83. The highest BCUT2D eigenvalue weighted by molar-refractivity contribution is 5.89. The quantitative estimate of drug-likeness (QED) is 0.678. The third-order valence-electron chi connectivity index (χ3n) is 6.31. The van der Waals surface area contributed by atoms with E-state index in [-0.39, 0.29) is 11.3 Å². The predicted molar refractivity (Wildman–Crippen MR) is 111 cm³/mol. The second-order valence-electron chi connectivity index (χ2n) is 8.80. The summed E-state index contributed by atoms with van der Waals surface area (Å²) in [6.07, 6.45) is 6.71. The average molecular weight is 390 g/mol. The molecule has 2 aromatic heterocycles. The summed E-state index contributed by atoms with van der Waals surface area (Å²) in [7, 11) is 0. The maximum Gasteiger partial charge on any atom is 0.139 e. The first-order chi connectivity index (χ1) is 13.9. The van der Waals surface area contributed by atoms with E-state index >= 15 is 4.39 Å². The van der Waals surface area contributed by atoms with Crippen LogP contribution in [0.4, 0.5) is 4.39 Å². The molecule has 6 heteroatoms. The third-order valence-corrected chi connectivity index (χ3v) is 6.31. The predicted octanol–water partition coefficient (Wildman–Crippen LogP) is 4.42. The van der Waals surface area contributed by atoms with Gasteiger partial charge in [-0.3, -0.25) is 4.98 Å². The molecule has 3 atom stereocenters. The molecule has 0 spiro atoms. The van der Waals surface area contributed by atoms with E-state index in [0.717, 1.165) is 29.2 Å². The van der Waals surface area contributed by atoms with Crippen LogP contribution in [-0.4, -0.2) is 37.5 Å². The van der Waals surface area contributed by atoms with Gasteiger partial charge in [0.2, 0.25) is 0 Å². The number of hydrogen-bond acceptors (Lipinski definition) is 5. The summed E-state index contributed by atoms with van der Waals surface area (Å²) in [4.78, 5) is 4.07. The van der Waals surface area contributed by atoms with Gasteiger partial charge in [-0.2, -0.15) is 5.10 Å². The van der Waals surface area contributed by atoms with Crippen LogP contribution in [0, 0.1) is 0 Å². The summed E-state index contributed by atoms with van der Waals surface area (Å²) in [6.45, 7) is 4.12. The van der Waals surface area contributed by atoms with Crippen molar-refractivity contribution in [3.05, 3.63) is 54.0 Å². The highest BCUT2D eigenvalue weighted by Gasteiger charge is 2.52. The summed E-state index contributed by atoms with van der Waals surface area (Å²) in [6, 6.07) is 9.08. The lowest BCUT2D eigenvalue weighted by Crippen LogP contribution is -2.57. The zero-order valence-corrected chi connectivity index (χ0v) is 16.5. The van der Waals surface area contributed by atoms with E-state index in [4.69, 9.17) is 0 Å². The molecule has 0 saturated carbocycles. The Morgan fingerprint density at radius 1 is 1.14 bits per heavy atom. The van der Waals surface area contributed by atoms with Gasteiger partial charge >= 0.3 is 0 Å². The van der Waals surface area contributed by atoms with Crippen molar-refractivity contribution in [1.29, 1.82) is 0 Å². The minimum atomic E-state index is -1.03. The lowest BCUT2D eigenvalue weighted by Gasteiger charge is -2.41. The number of alkyl halides is 1. The van der Waals surface area contributed by atoms with E-state index in [0.29, 0.717) is 23.4 Å². The molecule has 2 saturated heterocycles. The van der Waals surface area contributed by atoms with Gasteiger partial charge in [0, 0.05) is 28.9 Å². The van der Waals surface area contributed by atoms with Crippen LogP contribution < -0.4 is 5.32 Å². The van der Waals surface area contributed by atoms with Crippen LogP contribution in [0.5, 0.6) is 5.75 Å². The smallest absolute Gasteiger partial charge is 0.139 e. The molecular weight excluding hydrogens is 367 g/mol. The zero-order chi connectivity index (χ0) is 20.2. The Morgan fingerprint density at radius 3 is 2.79 bits per heavy atom. The fourth-order valence-corrected chi connectivity index (χ4v) is 4.83. The summed E-state index contributed by atoms with van der Waals surface area (Å²) in [5.41, 5.74) is 2.03. The minimum Gasteiger partial charge on any atom is -0.507 e. The number of halogens is 1. The lowest BCUT2D eigenvalue weighted by atomic mass is 9.82.